The third-order valence-corrected chi connectivity index (χ3v) is 6.64. The van der Waals surface area contributed by atoms with Crippen LogP contribution in [0.1, 0.15) is 25.3 Å². The number of nitrogens with one attached hydrogen (secondary N) is 1. The van der Waals surface area contributed by atoms with E-state index in [0.29, 0.717) is 49.0 Å². The van der Waals surface area contributed by atoms with Crippen molar-refractivity contribution in [3.63, 3.8) is 0 Å². The van der Waals surface area contributed by atoms with Crippen LogP contribution < -0.4 is 27.2 Å². The molecule has 10 nitrogen and oxygen atoms in total. The second-order valence-electron chi connectivity index (χ2n) is 8.98. The van der Waals surface area contributed by atoms with Gasteiger partial charge in [-0.05, 0) is 25.8 Å². The molecular formula is C25H30N8O2. The van der Waals surface area contributed by atoms with Crippen LogP contribution in [0.5, 0.6) is 0 Å². The molecule has 0 aliphatic carbocycles. The highest BCUT2D eigenvalue weighted by atomic mass is 16.2. The Balaban J connectivity index is 1.68. The summed E-state index contributed by atoms with van der Waals surface area (Å²) in [6.07, 6.45) is 1.90. The summed E-state index contributed by atoms with van der Waals surface area (Å²) < 4.78 is 4.53. The van der Waals surface area contributed by atoms with Crippen molar-refractivity contribution in [1.82, 2.24) is 18.7 Å². The van der Waals surface area contributed by atoms with E-state index < -0.39 is 11.2 Å². The van der Waals surface area contributed by atoms with E-state index in [1.54, 1.807) is 14.0 Å². The average molecular weight is 475 g/mol. The molecule has 5 rings (SSSR count). The molecule has 2 aromatic heterocycles. The van der Waals surface area contributed by atoms with Crippen molar-refractivity contribution >= 4 is 28.5 Å². The number of aliphatic imine (C=N–C) groups is 1. The lowest BCUT2D eigenvalue weighted by Gasteiger charge is -2.31. The van der Waals surface area contributed by atoms with Gasteiger partial charge in [0.15, 0.2) is 11.2 Å². The maximum Gasteiger partial charge on any atom is 0.332 e. The van der Waals surface area contributed by atoms with Crippen LogP contribution in [0.3, 0.4) is 0 Å². The van der Waals surface area contributed by atoms with Crippen LogP contribution in [0.4, 0.5) is 11.6 Å². The predicted octanol–water partition coefficient (Wildman–Crippen LogP) is 0.762. The number of aryl methyl sites for hydroxylation is 1. The highest BCUT2D eigenvalue weighted by Gasteiger charge is 2.26. The third kappa shape index (κ3) is 4.12. The predicted molar refractivity (Wildman–Crippen MR) is 138 cm³/mol. The van der Waals surface area contributed by atoms with Crippen molar-refractivity contribution in [2.75, 3.05) is 36.4 Å². The van der Waals surface area contributed by atoms with Crippen molar-refractivity contribution < 1.29 is 0 Å². The van der Waals surface area contributed by atoms with E-state index in [1.807, 2.05) is 28.8 Å². The average Bonchev–Trinajstić information content (AvgIpc) is 3.13. The Morgan fingerprint density at radius 1 is 1.23 bits per heavy atom. The summed E-state index contributed by atoms with van der Waals surface area (Å²) in [5.41, 5.74) is 8.67. The van der Waals surface area contributed by atoms with Gasteiger partial charge in [-0.3, -0.25) is 23.5 Å². The summed E-state index contributed by atoms with van der Waals surface area (Å²) in [5.74, 6) is 6.60. The van der Waals surface area contributed by atoms with E-state index in [4.69, 9.17) is 15.7 Å². The molecule has 35 heavy (non-hydrogen) atoms. The molecule has 0 saturated carbocycles. The first kappa shape index (κ1) is 22.9. The number of para-hydroxylation sites is 1. The fourth-order valence-corrected chi connectivity index (χ4v) is 4.88. The molecule has 3 N–H and O–H groups in total. The Bertz CT molecular complexity index is 1480. The van der Waals surface area contributed by atoms with Crippen LogP contribution in [0.15, 0.2) is 38.8 Å². The number of benzene rings is 1. The zero-order chi connectivity index (χ0) is 24.5. The van der Waals surface area contributed by atoms with Crippen molar-refractivity contribution in [3.8, 4) is 11.8 Å². The number of aromatic nitrogens is 4. The summed E-state index contributed by atoms with van der Waals surface area (Å²) >= 11 is 0. The van der Waals surface area contributed by atoms with Crippen LogP contribution in [0.25, 0.3) is 11.2 Å². The van der Waals surface area contributed by atoms with Crippen LogP contribution in [0.2, 0.25) is 0 Å². The molecule has 4 heterocycles. The second-order valence-corrected chi connectivity index (χ2v) is 8.98. The van der Waals surface area contributed by atoms with Crippen LogP contribution in [0, 0.1) is 11.8 Å². The van der Waals surface area contributed by atoms with Gasteiger partial charge < -0.3 is 16.0 Å². The van der Waals surface area contributed by atoms with Crippen molar-refractivity contribution in [1.29, 1.82) is 0 Å². The number of fused-ring (bicyclic) bond motifs is 2. The highest BCUT2D eigenvalue weighted by Crippen LogP contribution is 2.23. The highest BCUT2D eigenvalue weighted by molar-refractivity contribution is 6.05. The summed E-state index contributed by atoms with van der Waals surface area (Å²) in [4.78, 5) is 38.8. The van der Waals surface area contributed by atoms with Gasteiger partial charge in [-0.2, -0.15) is 4.98 Å². The third-order valence-electron chi connectivity index (χ3n) is 6.64. The fourth-order valence-electron chi connectivity index (χ4n) is 4.88. The van der Waals surface area contributed by atoms with Crippen LogP contribution in [-0.4, -0.2) is 56.6 Å². The van der Waals surface area contributed by atoms with Gasteiger partial charge in [-0.15, -0.1) is 5.92 Å². The van der Waals surface area contributed by atoms with Crippen LogP contribution in [-0.2, 0) is 20.1 Å². The van der Waals surface area contributed by atoms with Crippen LogP contribution >= 0.6 is 0 Å². The van der Waals surface area contributed by atoms with Gasteiger partial charge in [0, 0.05) is 44.0 Å². The maximum absolute atomic E-state index is 13.8. The first-order chi connectivity index (χ1) is 17.0. The van der Waals surface area contributed by atoms with Crippen molar-refractivity contribution in [2.24, 2.45) is 17.8 Å². The standard InChI is InChI=1S/C25H30N8O2/c1-3-4-14-32-21-22(29-24(32)31-13-7-8-17(26)15-31)30(2)25(35)33(23(21)34)16-20-18-9-5-6-10-19(18)27-11-12-28-20/h5-6,9-10,17,27H,7-8,11-16,26H2,1-2H3. The zero-order valence-electron chi connectivity index (χ0n) is 20.1. The summed E-state index contributed by atoms with van der Waals surface area (Å²) in [7, 11) is 1.65. The molecule has 1 atom stereocenters. The monoisotopic (exact) mass is 474 g/mol. The summed E-state index contributed by atoms with van der Waals surface area (Å²) in [6.45, 7) is 4.83. The minimum Gasteiger partial charge on any atom is -0.383 e. The molecule has 0 bridgehead atoms. The number of piperidine rings is 1. The maximum atomic E-state index is 13.8. The van der Waals surface area contributed by atoms with E-state index >= 15 is 0 Å². The number of rotatable bonds is 4. The first-order valence-electron chi connectivity index (χ1n) is 12.0. The lowest BCUT2D eigenvalue weighted by molar-refractivity contribution is 0.496. The molecule has 1 unspecified atom stereocenters. The largest absolute Gasteiger partial charge is 0.383 e. The van der Waals surface area contributed by atoms with E-state index in [2.05, 4.69) is 22.1 Å². The van der Waals surface area contributed by atoms with Gasteiger partial charge in [-0.1, -0.05) is 24.1 Å². The Hall–Kier alpha value is -3.84. The number of imidazole rings is 1. The lowest BCUT2D eigenvalue weighted by Crippen LogP contribution is -2.44. The number of nitrogens with two attached hydrogens (primary N) is 1. The molecule has 0 spiro atoms. The van der Waals surface area contributed by atoms with E-state index in [-0.39, 0.29) is 12.6 Å². The fraction of sp³-hybridized carbons (Fsp3) is 0.440. The second kappa shape index (κ2) is 9.43. The minimum absolute atomic E-state index is 0.0386. The summed E-state index contributed by atoms with van der Waals surface area (Å²) in [6, 6.07) is 7.86. The molecule has 1 aromatic carbocycles. The van der Waals surface area contributed by atoms with Gasteiger partial charge >= 0.3 is 5.69 Å². The minimum atomic E-state index is -0.423. The molecule has 182 valence electrons. The Morgan fingerprint density at radius 2 is 2.06 bits per heavy atom. The lowest BCUT2D eigenvalue weighted by atomic mass is 10.1. The van der Waals surface area contributed by atoms with E-state index in [0.717, 1.165) is 30.6 Å². The molecule has 1 fully saturated rings. The van der Waals surface area contributed by atoms with Gasteiger partial charge in [-0.25, -0.2) is 4.79 Å². The Morgan fingerprint density at radius 3 is 2.86 bits per heavy atom. The molecule has 0 amide bonds. The molecule has 2 aliphatic heterocycles. The Kier molecular flexibility index (Phi) is 6.17. The van der Waals surface area contributed by atoms with Gasteiger partial charge in [0.2, 0.25) is 5.95 Å². The SMILES string of the molecule is CC#CCn1c(N2CCCC(N)C2)nc2c1c(=O)n(CC1=NCCNc3ccccc31)c(=O)n2C. The topological polar surface area (TPSA) is 115 Å². The van der Waals surface area contributed by atoms with Gasteiger partial charge in [0.05, 0.1) is 25.3 Å². The quantitative estimate of drug-likeness (QED) is 0.540. The molecule has 2 aliphatic rings. The number of hydrogen-bond donors (Lipinski definition) is 2. The van der Waals surface area contributed by atoms with Crippen molar-refractivity contribution in [3.05, 3.63) is 50.7 Å². The van der Waals surface area contributed by atoms with Crippen molar-refractivity contribution in [2.45, 2.75) is 38.9 Å². The number of anilines is 2. The number of benzodiazepines with no additional fused rings is 1. The summed E-state index contributed by atoms with van der Waals surface area (Å²) in [5, 5.41) is 3.36. The van der Waals surface area contributed by atoms with Gasteiger partial charge in [0.25, 0.3) is 5.56 Å². The molecule has 0 radical (unpaired) electrons. The van der Waals surface area contributed by atoms with Gasteiger partial charge in [0.1, 0.15) is 0 Å². The smallest absolute Gasteiger partial charge is 0.332 e. The van der Waals surface area contributed by atoms with E-state index in [1.165, 1.54) is 9.13 Å². The number of hydrogen-bond acceptors (Lipinski definition) is 7. The molecule has 3 aromatic rings. The zero-order valence-corrected chi connectivity index (χ0v) is 20.1. The number of nitrogens with zero attached hydrogens (tertiary/aromatic N) is 6. The molecule has 10 heteroatoms. The molecule has 1 saturated heterocycles. The first-order valence-corrected chi connectivity index (χ1v) is 12.0. The molecular weight excluding hydrogens is 444 g/mol. The normalized spacial score (nSPS) is 17.7. The van der Waals surface area contributed by atoms with E-state index in [9.17, 15) is 9.59 Å². The Labute approximate surface area is 203 Å².